The van der Waals surface area contributed by atoms with Crippen LogP contribution in [0.2, 0.25) is 0 Å². The Hall–Kier alpha value is -0.300. The molecule has 1 saturated carbocycles. The molecule has 1 rings (SSSR count). The molecule has 0 aromatic carbocycles. The molecular formula is C9H13ClO. The van der Waals surface area contributed by atoms with Crippen molar-refractivity contribution in [1.29, 1.82) is 0 Å². The van der Waals surface area contributed by atoms with E-state index in [9.17, 15) is 4.79 Å². The summed E-state index contributed by atoms with van der Waals surface area (Å²) in [4.78, 5) is 11.1. The fourth-order valence-corrected chi connectivity index (χ4v) is 2.13. The third kappa shape index (κ3) is 1.84. The van der Waals surface area contributed by atoms with Gasteiger partial charge in [-0.2, -0.15) is 0 Å². The number of halogens is 1. The Bertz CT molecular complexity index is 176. The molecule has 62 valence electrons. The first kappa shape index (κ1) is 8.79. The fraction of sp³-hybridized carbons (Fsp3) is 0.667. The van der Waals surface area contributed by atoms with Crippen LogP contribution in [0.15, 0.2) is 12.7 Å². The third-order valence-electron chi connectivity index (χ3n) is 2.38. The summed E-state index contributed by atoms with van der Waals surface area (Å²) in [7, 11) is 0. The maximum absolute atomic E-state index is 11.1. The van der Waals surface area contributed by atoms with Crippen molar-refractivity contribution in [1.82, 2.24) is 0 Å². The summed E-state index contributed by atoms with van der Waals surface area (Å²) in [6.07, 6.45) is 3.59. The van der Waals surface area contributed by atoms with Crippen LogP contribution >= 0.6 is 11.6 Å². The molecule has 0 spiro atoms. The number of Topliss-reactive ketones (excluding diaryl/α,β-unsaturated/α-hetero) is 1. The molecule has 0 saturated heterocycles. The van der Waals surface area contributed by atoms with Crippen molar-refractivity contribution in [2.45, 2.75) is 25.1 Å². The average Bonchev–Trinajstić information content (AvgIpc) is 2.30. The zero-order valence-corrected chi connectivity index (χ0v) is 7.47. The van der Waals surface area contributed by atoms with E-state index in [-0.39, 0.29) is 17.1 Å². The maximum atomic E-state index is 11.1. The Morgan fingerprint density at radius 3 is 2.64 bits per heavy atom. The monoisotopic (exact) mass is 172 g/mol. The Kier molecular flexibility index (Phi) is 2.72. The van der Waals surface area contributed by atoms with Gasteiger partial charge in [-0.3, -0.25) is 4.79 Å². The number of allylic oxidation sites excluding steroid dienone is 1. The van der Waals surface area contributed by atoms with Gasteiger partial charge in [-0.05, 0) is 25.7 Å². The molecule has 0 amide bonds. The average molecular weight is 173 g/mol. The van der Waals surface area contributed by atoms with Gasteiger partial charge in [0.15, 0.2) is 0 Å². The Balaban J connectivity index is 2.64. The van der Waals surface area contributed by atoms with Crippen LogP contribution in [0.25, 0.3) is 0 Å². The van der Waals surface area contributed by atoms with Gasteiger partial charge in [-0.15, -0.1) is 18.2 Å². The van der Waals surface area contributed by atoms with Crippen molar-refractivity contribution >= 4 is 17.4 Å². The molecule has 11 heavy (non-hydrogen) atoms. The van der Waals surface area contributed by atoms with Gasteiger partial charge in [-0.1, -0.05) is 6.08 Å². The van der Waals surface area contributed by atoms with Crippen molar-refractivity contribution in [3.63, 3.8) is 0 Å². The normalized spacial score (nSPS) is 37.1. The van der Waals surface area contributed by atoms with Crippen LogP contribution in [0.3, 0.4) is 0 Å². The highest BCUT2D eigenvalue weighted by atomic mass is 35.5. The van der Waals surface area contributed by atoms with Gasteiger partial charge in [0.1, 0.15) is 5.78 Å². The lowest BCUT2D eigenvalue weighted by molar-refractivity contribution is -0.121. The van der Waals surface area contributed by atoms with E-state index in [1.807, 2.05) is 6.08 Å². The smallest absolute Gasteiger partial charge is 0.133 e. The van der Waals surface area contributed by atoms with E-state index in [4.69, 9.17) is 11.6 Å². The zero-order chi connectivity index (χ0) is 8.43. The van der Waals surface area contributed by atoms with Gasteiger partial charge in [0, 0.05) is 11.3 Å². The molecule has 0 radical (unpaired) electrons. The van der Waals surface area contributed by atoms with Crippen LogP contribution in [0, 0.1) is 11.8 Å². The summed E-state index contributed by atoms with van der Waals surface area (Å²) in [5.74, 6) is 0.697. The molecule has 3 atom stereocenters. The van der Waals surface area contributed by atoms with E-state index in [0.717, 1.165) is 12.8 Å². The summed E-state index contributed by atoms with van der Waals surface area (Å²) >= 11 is 5.92. The van der Waals surface area contributed by atoms with Crippen molar-refractivity contribution in [2.75, 3.05) is 0 Å². The molecule has 3 unspecified atom stereocenters. The van der Waals surface area contributed by atoms with Crippen molar-refractivity contribution in [2.24, 2.45) is 11.8 Å². The first-order valence-corrected chi connectivity index (χ1v) is 4.36. The van der Waals surface area contributed by atoms with E-state index in [1.54, 1.807) is 6.92 Å². The molecule has 2 heteroatoms. The number of hydrogen-bond donors (Lipinski definition) is 0. The van der Waals surface area contributed by atoms with E-state index in [0.29, 0.717) is 5.92 Å². The van der Waals surface area contributed by atoms with Gasteiger partial charge in [0.05, 0.1) is 0 Å². The number of rotatable bonds is 2. The Morgan fingerprint density at radius 1 is 1.64 bits per heavy atom. The van der Waals surface area contributed by atoms with E-state index >= 15 is 0 Å². The molecule has 1 aliphatic rings. The summed E-state index contributed by atoms with van der Waals surface area (Å²) in [5, 5.41) is 0.173. The molecular weight excluding hydrogens is 160 g/mol. The third-order valence-corrected chi connectivity index (χ3v) is 2.74. The lowest BCUT2D eigenvalue weighted by atomic mass is 9.93. The predicted molar refractivity (Wildman–Crippen MR) is 46.7 cm³/mol. The van der Waals surface area contributed by atoms with E-state index < -0.39 is 0 Å². The number of alkyl halides is 1. The highest BCUT2D eigenvalue weighted by molar-refractivity contribution is 6.21. The summed E-state index contributed by atoms with van der Waals surface area (Å²) in [5.41, 5.74) is 0. The van der Waals surface area contributed by atoms with Crippen LogP contribution < -0.4 is 0 Å². The van der Waals surface area contributed by atoms with Crippen LogP contribution in [0.5, 0.6) is 0 Å². The zero-order valence-electron chi connectivity index (χ0n) is 6.72. The quantitative estimate of drug-likeness (QED) is 0.462. The summed E-state index contributed by atoms with van der Waals surface area (Å²) in [6, 6.07) is 0. The van der Waals surface area contributed by atoms with Gasteiger partial charge < -0.3 is 0 Å². The molecule has 0 aromatic rings. The summed E-state index contributed by atoms with van der Waals surface area (Å²) < 4.78 is 0. The van der Waals surface area contributed by atoms with Crippen LogP contribution in [0.1, 0.15) is 19.8 Å². The van der Waals surface area contributed by atoms with Gasteiger partial charge in [0.2, 0.25) is 0 Å². The van der Waals surface area contributed by atoms with Crippen molar-refractivity contribution < 1.29 is 4.79 Å². The second-order valence-electron chi connectivity index (χ2n) is 3.19. The van der Waals surface area contributed by atoms with Crippen molar-refractivity contribution in [3.8, 4) is 0 Å². The maximum Gasteiger partial charge on any atom is 0.133 e. The minimum atomic E-state index is 0.134. The Morgan fingerprint density at radius 2 is 2.27 bits per heavy atom. The Labute approximate surface area is 72.4 Å². The molecule has 0 aliphatic heterocycles. The largest absolute Gasteiger partial charge is 0.300 e. The highest BCUT2D eigenvalue weighted by Crippen LogP contribution is 2.36. The number of ketones is 1. The number of carbonyl (C=O) groups excluding carboxylic acids is 1. The molecule has 1 nitrogen and oxygen atoms in total. The molecule has 0 heterocycles. The molecule has 0 aromatic heterocycles. The lowest BCUT2D eigenvalue weighted by Crippen LogP contribution is -2.13. The molecule has 0 N–H and O–H groups in total. The van der Waals surface area contributed by atoms with Crippen molar-refractivity contribution in [3.05, 3.63) is 12.7 Å². The lowest BCUT2D eigenvalue weighted by Gasteiger charge is -2.10. The standard InChI is InChI=1S/C9H13ClO/c1-3-7-4-8(10)5-9(7)6(2)11/h3,7-9H,1,4-5H2,2H3. The summed E-state index contributed by atoms with van der Waals surface area (Å²) in [6.45, 7) is 5.33. The molecule has 0 bridgehead atoms. The predicted octanol–water partition coefficient (Wildman–Crippen LogP) is 2.40. The topological polar surface area (TPSA) is 17.1 Å². The first-order valence-electron chi connectivity index (χ1n) is 3.92. The van der Waals surface area contributed by atoms with Gasteiger partial charge in [0.25, 0.3) is 0 Å². The van der Waals surface area contributed by atoms with Crippen LogP contribution in [-0.4, -0.2) is 11.2 Å². The van der Waals surface area contributed by atoms with E-state index in [1.165, 1.54) is 0 Å². The first-order chi connectivity index (χ1) is 5.15. The van der Waals surface area contributed by atoms with Crippen LogP contribution in [-0.2, 0) is 4.79 Å². The number of carbonyl (C=O) groups is 1. The van der Waals surface area contributed by atoms with E-state index in [2.05, 4.69) is 6.58 Å². The highest BCUT2D eigenvalue weighted by Gasteiger charge is 2.33. The van der Waals surface area contributed by atoms with Crippen LogP contribution in [0.4, 0.5) is 0 Å². The minimum absolute atomic E-state index is 0.134. The minimum Gasteiger partial charge on any atom is -0.300 e. The number of hydrogen-bond acceptors (Lipinski definition) is 1. The van der Waals surface area contributed by atoms with Gasteiger partial charge >= 0.3 is 0 Å². The second kappa shape index (κ2) is 3.40. The second-order valence-corrected chi connectivity index (χ2v) is 3.80. The fourth-order valence-electron chi connectivity index (χ4n) is 1.73. The molecule has 1 fully saturated rings. The van der Waals surface area contributed by atoms with Gasteiger partial charge in [-0.25, -0.2) is 0 Å². The SMILES string of the molecule is C=CC1CC(Cl)CC1C(C)=O. The molecule has 1 aliphatic carbocycles.